The van der Waals surface area contributed by atoms with Crippen LogP contribution < -0.4 is 5.32 Å². The number of carboxylic acids is 1. The molecule has 9 heteroatoms. The Morgan fingerprint density at radius 3 is 2.08 bits per heavy atom. The van der Waals surface area contributed by atoms with Gasteiger partial charge in [-0.3, -0.25) is 4.79 Å². The van der Waals surface area contributed by atoms with Crippen LogP contribution in [-0.2, 0) is 14.3 Å². The standard InChI is InChI=1S/C13H24N2O2.C2HF3O2/c1-11(16)15(12-4-8-14-9-5-12)10-13(17-2)6-3-7-13;3-2(4,5)1(6)7/h12,14H,3-10H2,1-2H3;(H,6,7). The number of amides is 1. The van der Waals surface area contributed by atoms with E-state index in [-0.39, 0.29) is 11.5 Å². The Morgan fingerprint density at radius 1 is 1.29 bits per heavy atom. The van der Waals surface area contributed by atoms with Gasteiger partial charge in [0.05, 0.1) is 5.60 Å². The number of rotatable bonds is 4. The van der Waals surface area contributed by atoms with Gasteiger partial charge in [-0.1, -0.05) is 0 Å². The summed E-state index contributed by atoms with van der Waals surface area (Å²) < 4.78 is 37.4. The minimum absolute atomic E-state index is 0.0451. The number of nitrogens with zero attached hydrogens (tertiary/aromatic N) is 1. The van der Waals surface area contributed by atoms with Gasteiger partial charge in [0.2, 0.25) is 5.91 Å². The molecule has 0 bridgehead atoms. The van der Waals surface area contributed by atoms with Gasteiger partial charge in [0.15, 0.2) is 0 Å². The van der Waals surface area contributed by atoms with Crippen molar-refractivity contribution in [2.75, 3.05) is 26.7 Å². The van der Waals surface area contributed by atoms with Crippen LogP contribution >= 0.6 is 0 Å². The minimum Gasteiger partial charge on any atom is -0.475 e. The number of carboxylic acid groups (broad SMARTS) is 1. The number of ether oxygens (including phenoxy) is 1. The average molecular weight is 354 g/mol. The van der Waals surface area contributed by atoms with Crippen molar-refractivity contribution < 1.29 is 32.6 Å². The summed E-state index contributed by atoms with van der Waals surface area (Å²) >= 11 is 0. The Labute approximate surface area is 139 Å². The first-order valence-electron chi connectivity index (χ1n) is 7.94. The van der Waals surface area contributed by atoms with E-state index in [2.05, 4.69) is 5.32 Å². The molecular formula is C15H25F3N2O4. The summed E-state index contributed by atoms with van der Waals surface area (Å²) in [5.74, 6) is -2.56. The average Bonchev–Trinajstić information content (AvgIpc) is 2.47. The molecule has 0 aromatic heterocycles. The molecule has 24 heavy (non-hydrogen) atoms. The molecule has 0 aromatic carbocycles. The van der Waals surface area contributed by atoms with E-state index in [4.69, 9.17) is 14.6 Å². The summed E-state index contributed by atoms with van der Waals surface area (Å²) in [4.78, 5) is 22.8. The molecule has 2 fully saturated rings. The molecule has 1 saturated heterocycles. The molecular weight excluding hydrogens is 329 g/mol. The van der Waals surface area contributed by atoms with Crippen molar-refractivity contribution in [3.05, 3.63) is 0 Å². The van der Waals surface area contributed by atoms with Crippen molar-refractivity contribution in [3.63, 3.8) is 0 Å². The number of alkyl halides is 3. The molecule has 1 amide bonds. The van der Waals surface area contributed by atoms with Gasteiger partial charge in [-0.05, 0) is 45.2 Å². The van der Waals surface area contributed by atoms with Crippen molar-refractivity contribution in [2.24, 2.45) is 0 Å². The zero-order valence-corrected chi connectivity index (χ0v) is 14.0. The second kappa shape index (κ2) is 8.66. The zero-order chi connectivity index (χ0) is 18.4. The van der Waals surface area contributed by atoms with Gasteiger partial charge in [-0.15, -0.1) is 0 Å². The predicted octanol–water partition coefficient (Wildman–Crippen LogP) is 1.79. The Hall–Kier alpha value is -1.35. The fraction of sp³-hybridized carbons (Fsp3) is 0.867. The number of aliphatic carboxylic acids is 1. The molecule has 1 heterocycles. The minimum atomic E-state index is -5.08. The van der Waals surface area contributed by atoms with E-state index in [0.717, 1.165) is 45.3 Å². The number of hydrogen-bond acceptors (Lipinski definition) is 4. The van der Waals surface area contributed by atoms with Crippen molar-refractivity contribution in [3.8, 4) is 0 Å². The molecule has 2 aliphatic rings. The van der Waals surface area contributed by atoms with Gasteiger partial charge >= 0.3 is 12.1 Å². The van der Waals surface area contributed by atoms with Crippen molar-refractivity contribution in [2.45, 2.75) is 56.8 Å². The van der Waals surface area contributed by atoms with Crippen LogP contribution in [0, 0.1) is 0 Å². The SMILES string of the molecule is COC1(CN(C(C)=O)C2CCNCC2)CCC1.O=C(O)C(F)(F)F. The monoisotopic (exact) mass is 354 g/mol. The van der Waals surface area contributed by atoms with Crippen molar-refractivity contribution in [1.82, 2.24) is 10.2 Å². The van der Waals surface area contributed by atoms with E-state index in [1.807, 2.05) is 4.90 Å². The van der Waals surface area contributed by atoms with E-state index in [1.165, 1.54) is 6.42 Å². The molecule has 1 saturated carbocycles. The Bertz CT molecular complexity index is 427. The van der Waals surface area contributed by atoms with Crippen LogP contribution in [0.1, 0.15) is 39.0 Å². The number of methoxy groups -OCH3 is 1. The second-order valence-electron chi connectivity index (χ2n) is 6.17. The lowest BCUT2D eigenvalue weighted by Gasteiger charge is -2.46. The predicted molar refractivity (Wildman–Crippen MR) is 80.6 cm³/mol. The van der Waals surface area contributed by atoms with E-state index in [9.17, 15) is 18.0 Å². The van der Waals surface area contributed by atoms with Crippen LogP contribution in [0.5, 0.6) is 0 Å². The highest BCUT2D eigenvalue weighted by molar-refractivity contribution is 5.74. The lowest BCUT2D eigenvalue weighted by atomic mass is 9.79. The van der Waals surface area contributed by atoms with Gasteiger partial charge in [0.1, 0.15) is 0 Å². The highest BCUT2D eigenvalue weighted by Gasteiger charge is 2.41. The third-order valence-electron chi connectivity index (χ3n) is 4.55. The third kappa shape index (κ3) is 5.94. The maximum absolute atomic E-state index is 11.8. The molecule has 6 nitrogen and oxygen atoms in total. The van der Waals surface area contributed by atoms with Gasteiger partial charge in [0.25, 0.3) is 0 Å². The normalized spacial score (nSPS) is 20.4. The summed E-state index contributed by atoms with van der Waals surface area (Å²) in [5.41, 5.74) is -0.0451. The van der Waals surface area contributed by atoms with Crippen LogP contribution in [-0.4, -0.2) is 66.4 Å². The number of hydrogen-bond donors (Lipinski definition) is 2. The third-order valence-corrected chi connectivity index (χ3v) is 4.55. The first kappa shape index (κ1) is 20.7. The number of carbonyl (C=O) groups excluding carboxylic acids is 1. The molecule has 0 aromatic rings. The van der Waals surface area contributed by atoms with E-state index >= 15 is 0 Å². The number of piperidine rings is 1. The number of nitrogens with one attached hydrogen (secondary N) is 1. The largest absolute Gasteiger partial charge is 0.490 e. The molecule has 2 N–H and O–H groups in total. The smallest absolute Gasteiger partial charge is 0.475 e. The lowest BCUT2D eigenvalue weighted by molar-refractivity contribution is -0.192. The number of carbonyl (C=O) groups is 2. The first-order valence-corrected chi connectivity index (χ1v) is 7.94. The van der Waals surface area contributed by atoms with Gasteiger partial charge in [-0.2, -0.15) is 13.2 Å². The van der Waals surface area contributed by atoms with E-state index in [1.54, 1.807) is 14.0 Å². The molecule has 0 atom stereocenters. The highest BCUT2D eigenvalue weighted by Crippen LogP contribution is 2.36. The molecule has 0 spiro atoms. The molecule has 1 aliphatic carbocycles. The van der Waals surface area contributed by atoms with E-state index in [0.29, 0.717) is 6.04 Å². The lowest BCUT2D eigenvalue weighted by Crippen LogP contribution is -2.55. The van der Waals surface area contributed by atoms with Crippen LogP contribution in [0.3, 0.4) is 0 Å². The topological polar surface area (TPSA) is 78.9 Å². The van der Waals surface area contributed by atoms with Crippen LogP contribution in [0.2, 0.25) is 0 Å². The van der Waals surface area contributed by atoms with Crippen LogP contribution in [0.4, 0.5) is 13.2 Å². The Morgan fingerprint density at radius 2 is 1.79 bits per heavy atom. The first-order chi connectivity index (χ1) is 11.1. The van der Waals surface area contributed by atoms with Gasteiger partial charge < -0.3 is 20.1 Å². The fourth-order valence-corrected chi connectivity index (χ4v) is 2.92. The maximum Gasteiger partial charge on any atom is 0.490 e. The van der Waals surface area contributed by atoms with Crippen molar-refractivity contribution >= 4 is 11.9 Å². The Balaban J connectivity index is 0.000000351. The molecule has 2 rings (SSSR count). The summed E-state index contributed by atoms with van der Waals surface area (Å²) in [6.45, 7) is 4.51. The van der Waals surface area contributed by atoms with Crippen molar-refractivity contribution in [1.29, 1.82) is 0 Å². The summed E-state index contributed by atoms with van der Waals surface area (Å²) in [5, 5.41) is 10.5. The van der Waals surface area contributed by atoms with E-state index < -0.39 is 12.1 Å². The zero-order valence-electron chi connectivity index (χ0n) is 14.0. The number of halogens is 3. The fourth-order valence-electron chi connectivity index (χ4n) is 2.92. The molecule has 140 valence electrons. The Kier molecular flexibility index (Phi) is 7.47. The summed E-state index contributed by atoms with van der Waals surface area (Å²) in [6.07, 6.45) is 0.473. The quantitative estimate of drug-likeness (QED) is 0.805. The van der Waals surface area contributed by atoms with Crippen LogP contribution in [0.15, 0.2) is 0 Å². The van der Waals surface area contributed by atoms with Gasteiger partial charge in [0, 0.05) is 26.6 Å². The van der Waals surface area contributed by atoms with Gasteiger partial charge in [-0.25, -0.2) is 4.79 Å². The maximum atomic E-state index is 11.8. The molecule has 0 unspecified atom stereocenters. The summed E-state index contributed by atoms with van der Waals surface area (Å²) in [6, 6.07) is 0.404. The summed E-state index contributed by atoms with van der Waals surface area (Å²) in [7, 11) is 1.78. The molecule has 1 aliphatic heterocycles. The highest BCUT2D eigenvalue weighted by atomic mass is 19.4. The van der Waals surface area contributed by atoms with Crippen LogP contribution in [0.25, 0.3) is 0 Å². The molecule has 0 radical (unpaired) electrons. The second-order valence-corrected chi connectivity index (χ2v) is 6.17.